The summed E-state index contributed by atoms with van der Waals surface area (Å²) in [4.78, 5) is 16.5. The number of aromatic nitrogens is 3. The normalized spacial score (nSPS) is 13.8. The van der Waals surface area contributed by atoms with E-state index in [4.69, 9.17) is 0 Å². The summed E-state index contributed by atoms with van der Waals surface area (Å²) in [6, 6.07) is 1.74. The van der Waals surface area contributed by atoms with Crippen LogP contribution in [0.25, 0.3) is 0 Å². The molecular weight excluding hydrogens is 266 g/mol. The van der Waals surface area contributed by atoms with Crippen LogP contribution in [0.15, 0.2) is 12.3 Å². The Morgan fingerprint density at radius 2 is 2.29 bits per heavy atom. The monoisotopic (exact) mass is 285 g/mol. The number of nitrogens with zero attached hydrogens (tertiary/aromatic N) is 2. The molecule has 0 aromatic carbocycles. The van der Waals surface area contributed by atoms with E-state index in [9.17, 15) is 4.79 Å². The van der Waals surface area contributed by atoms with Crippen molar-refractivity contribution in [3.05, 3.63) is 46.0 Å². The van der Waals surface area contributed by atoms with Gasteiger partial charge in [0.2, 0.25) is 0 Å². The van der Waals surface area contributed by atoms with Crippen LogP contribution in [0.4, 0.5) is 0 Å². The largest absolute Gasteiger partial charge is 0.346 e. The number of hydrogen-bond acceptors (Lipinski definition) is 4. The van der Waals surface area contributed by atoms with Crippen LogP contribution in [0.3, 0.4) is 0 Å². The van der Waals surface area contributed by atoms with Crippen molar-refractivity contribution in [1.29, 1.82) is 0 Å². The van der Waals surface area contributed by atoms with Gasteiger partial charge in [0.05, 0.1) is 0 Å². The molecule has 110 valence electrons. The number of nitrogens with one attached hydrogen (secondary N) is 3. The number of pyridine rings is 1. The number of hydrogen-bond donors (Lipinski definition) is 3. The van der Waals surface area contributed by atoms with Gasteiger partial charge >= 0.3 is 0 Å². The molecule has 6 heteroatoms. The Morgan fingerprint density at radius 1 is 1.43 bits per heavy atom. The Bertz CT molecular complexity index is 677. The summed E-state index contributed by atoms with van der Waals surface area (Å²) in [5.74, 6) is -0.162. The first-order valence-corrected chi connectivity index (χ1v) is 7.12. The predicted molar refractivity (Wildman–Crippen MR) is 78.9 cm³/mol. The number of carbonyl (C=O) groups is 1. The van der Waals surface area contributed by atoms with Crippen molar-refractivity contribution in [2.75, 3.05) is 6.54 Å². The summed E-state index contributed by atoms with van der Waals surface area (Å²) in [5, 5.41) is 13.0. The highest BCUT2D eigenvalue weighted by Gasteiger charge is 2.17. The van der Waals surface area contributed by atoms with Gasteiger partial charge in [-0.05, 0) is 49.6 Å². The van der Waals surface area contributed by atoms with E-state index in [0.29, 0.717) is 12.2 Å². The minimum Gasteiger partial charge on any atom is -0.346 e. The SMILES string of the molecule is Cc1cc(C(=O)NCc2c(C)ncc3c2CCNC3)n[nH]1. The van der Waals surface area contributed by atoms with Gasteiger partial charge in [0.15, 0.2) is 0 Å². The van der Waals surface area contributed by atoms with Crippen molar-refractivity contribution < 1.29 is 4.79 Å². The molecule has 0 atom stereocenters. The molecule has 0 radical (unpaired) electrons. The van der Waals surface area contributed by atoms with Crippen LogP contribution in [-0.2, 0) is 19.5 Å². The Balaban J connectivity index is 1.77. The van der Waals surface area contributed by atoms with E-state index in [1.54, 1.807) is 6.07 Å². The number of H-pyrrole nitrogens is 1. The Morgan fingerprint density at radius 3 is 3.05 bits per heavy atom. The summed E-state index contributed by atoms with van der Waals surface area (Å²) in [6.45, 7) is 6.17. The van der Waals surface area contributed by atoms with Crippen LogP contribution < -0.4 is 10.6 Å². The molecule has 6 nitrogen and oxygen atoms in total. The van der Waals surface area contributed by atoms with E-state index in [0.717, 1.165) is 36.5 Å². The Labute approximate surface area is 123 Å². The van der Waals surface area contributed by atoms with Crippen LogP contribution in [0.1, 0.15) is 38.6 Å². The first-order chi connectivity index (χ1) is 10.1. The van der Waals surface area contributed by atoms with Crippen molar-refractivity contribution in [3.8, 4) is 0 Å². The minimum atomic E-state index is -0.162. The fourth-order valence-electron chi connectivity index (χ4n) is 2.67. The van der Waals surface area contributed by atoms with Gasteiger partial charge in [-0.1, -0.05) is 0 Å². The second-order valence-electron chi connectivity index (χ2n) is 5.37. The average molecular weight is 285 g/mol. The van der Waals surface area contributed by atoms with Gasteiger partial charge in [0.1, 0.15) is 5.69 Å². The highest BCUT2D eigenvalue weighted by Crippen LogP contribution is 2.20. The molecular formula is C15H19N5O. The molecule has 3 N–H and O–H groups in total. The van der Waals surface area contributed by atoms with Crippen molar-refractivity contribution >= 4 is 5.91 Å². The lowest BCUT2D eigenvalue weighted by atomic mass is 9.96. The molecule has 3 heterocycles. The van der Waals surface area contributed by atoms with Gasteiger partial charge in [-0.25, -0.2) is 0 Å². The van der Waals surface area contributed by atoms with Crippen LogP contribution in [-0.4, -0.2) is 27.6 Å². The molecule has 0 unspecified atom stereocenters. The molecule has 3 rings (SSSR count). The summed E-state index contributed by atoms with van der Waals surface area (Å²) in [6.07, 6.45) is 2.91. The molecule has 0 aliphatic carbocycles. The van der Waals surface area contributed by atoms with E-state index in [2.05, 4.69) is 25.8 Å². The average Bonchev–Trinajstić information content (AvgIpc) is 2.92. The summed E-state index contributed by atoms with van der Waals surface area (Å²) < 4.78 is 0. The number of aromatic amines is 1. The maximum Gasteiger partial charge on any atom is 0.272 e. The van der Waals surface area contributed by atoms with Gasteiger partial charge in [-0.2, -0.15) is 5.10 Å². The minimum absolute atomic E-state index is 0.162. The molecule has 1 amide bonds. The number of rotatable bonds is 3. The first-order valence-electron chi connectivity index (χ1n) is 7.12. The molecule has 0 saturated carbocycles. The van der Waals surface area contributed by atoms with E-state index in [-0.39, 0.29) is 5.91 Å². The Kier molecular flexibility index (Phi) is 3.70. The highest BCUT2D eigenvalue weighted by molar-refractivity contribution is 5.92. The standard InChI is InChI=1S/C15H19N5O/c1-9-5-14(20-19-9)15(21)18-8-13-10(2)17-7-11-6-16-4-3-12(11)13/h5,7,16H,3-4,6,8H2,1-2H3,(H,18,21)(H,19,20). The summed E-state index contributed by atoms with van der Waals surface area (Å²) >= 11 is 0. The zero-order valence-corrected chi connectivity index (χ0v) is 12.3. The van der Waals surface area contributed by atoms with Crippen molar-refractivity contribution in [2.45, 2.75) is 33.4 Å². The Hall–Kier alpha value is -2.21. The smallest absolute Gasteiger partial charge is 0.272 e. The quantitative estimate of drug-likeness (QED) is 0.785. The molecule has 21 heavy (non-hydrogen) atoms. The lowest BCUT2D eigenvalue weighted by Gasteiger charge is -2.21. The van der Waals surface area contributed by atoms with Crippen LogP contribution in [0.5, 0.6) is 0 Å². The van der Waals surface area contributed by atoms with Gasteiger partial charge in [0, 0.05) is 30.7 Å². The van der Waals surface area contributed by atoms with Crippen LogP contribution >= 0.6 is 0 Å². The van der Waals surface area contributed by atoms with Gasteiger partial charge in [-0.15, -0.1) is 0 Å². The van der Waals surface area contributed by atoms with Crippen LogP contribution in [0.2, 0.25) is 0 Å². The third kappa shape index (κ3) is 2.80. The van der Waals surface area contributed by atoms with Crippen LogP contribution in [0, 0.1) is 13.8 Å². The zero-order chi connectivity index (χ0) is 14.8. The zero-order valence-electron chi connectivity index (χ0n) is 12.3. The third-order valence-corrected chi connectivity index (χ3v) is 3.83. The molecule has 1 aliphatic rings. The third-order valence-electron chi connectivity index (χ3n) is 3.83. The van der Waals surface area contributed by atoms with E-state index in [1.165, 1.54) is 11.1 Å². The highest BCUT2D eigenvalue weighted by atomic mass is 16.1. The maximum absolute atomic E-state index is 12.1. The van der Waals surface area contributed by atoms with Crippen molar-refractivity contribution in [3.63, 3.8) is 0 Å². The fourth-order valence-corrected chi connectivity index (χ4v) is 2.67. The van der Waals surface area contributed by atoms with Gasteiger partial charge < -0.3 is 10.6 Å². The molecule has 2 aromatic heterocycles. The van der Waals surface area contributed by atoms with E-state index >= 15 is 0 Å². The van der Waals surface area contributed by atoms with Crippen molar-refractivity contribution in [2.24, 2.45) is 0 Å². The summed E-state index contributed by atoms with van der Waals surface area (Å²) in [7, 11) is 0. The molecule has 0 saturated heterocycles. The first kappa shape index (κ1) is 13.8. The number of aryl methyl sites for hydroxylation is 2. The molecule has 0 bridgehead atoms. The van der Waals surface area contributed by atoms with Gasteiger partial charge in [-0.3, -0.25) is 14.9 Å². The number of amides is 1. The molecule has 0 fully saturated rings. The predicted octanol–water partition coefficient (Wildman–Crippen LogP) is 0.997. The second-order valence-corrected chi connectivity index (χ2v) is 5.37. The molecule has 1 aliphatic heterocycles. The fraction of sp³-hybridized carbons (Fsp3) is 0.400. The molecule has 2 aromatic rings. The lowest BCUT2D eigenvalue weighted by molar-refractivity contribution is 0.0945. The lowest BCUT2D eigenvalue weighted by Crippen LogP contribution is -2.29. The van der Waals surface area contributed by atoms with E-state index < -0.39 is 0 Å². The molecule has 0 spiro atoms. The number of carbonyl (C=O) groups excluding carboxylic acids is 1. The second kappa shape index (κ2) is 5.65. The van der Waals surface area contributed by atoms with E-state index in [1.807, 2.05) is 20.0 Å². The topological polar surface area (TPSA) is 82.7 Å². The van der Waals surface area contributed by atoms with Crippen molar-refractivity contribution in [1.82, 2.24) is 25.8 Å². The summed E-state index contributed by atoms with van der Waals surface area (Å²) in [5.41, 5.74) is 5.96. The maximum atomic E-state index is 12.1. The number of fused-ring (bicyclic) bond motifs is 1. The van der Waals surface area contributed by atoms with Gasteiger partial charge in [0.25, 0.3) is 5.91 Å².